The summed E-state index contributed by atoms with van der Waals surface area (Å²) in [4.78, 5) is 13.9. The van der Waals surface area contributed by atoms with Crippen molar-refractivity contribution in [1.29, 1.82) is 0 Å². The van der Waals surface area contributed by atoms with Gasteiger partial charge < -0.3 is 9.90 Å². The standard InChI is InChI=1S/C6H7NO2/c8-6(9)5-2-1-3-7-4-5/h2-3H,1,4H2,(H,8,9)/p-1. The van der Waals surface area contributed by atoms with Gasteiger partial charge in [-0.1, -0.05) is 6.08 Å². The van der Waals surface area contributed by atoms with Gasteiger partial charge in [-0.05, 0) is 5.57 Å². The molecule has 1 rings (SSSR count). The summed E-state index contributed by atoms with van der Waals surface area (Å²) in [6.45, 7) is 0.266. The molecule has 0 amide bonds. The minimum absolute atomic E-state index is 0.266. The molecule has 48 valence electrons. The Morgan fingerprint density at radius 1 is 1.78 bits per heavy atom. The number of hydrogen-bond donors (Lipinski definition) is 0. The van der Waals surface area contributed by atoms with Crippen LogP contribution < -0.4 is 5.11 Å². The first-order valence-corrected chi connectivity index (χ1v) is 2.69. The second-order valence-corrected chi connectivity index (χ2v) is 1.78. The van der Waals surface area contributed by atoms with E-state index < -0.39 is 5.97 Å². The Balaban J connectivity index is 2.61. The second kappa shape index (κ2) is 2.44. The van der Waals surface area contributed by atoms with Crippen LogP contribution >= 0.6 is 0 Å². The van der Waals surface area contributed by atoms with Gasteiger partial charge in [-0.3, -0.25) is 4.99 Å². The topological polar surface area (TPSA) is 52.5 Å². The summed E-state index contributed by atoms with van der Waals surface area (Å²) in [5.74, 6) is -1.10. The van der Waals surface area contributed by atoms with Crippen molar-refractivity contribution in [1.82, 2.24) is 0 Å². The number of allylic oxidation sites excluding steroid dienone is 1. The van der Waals surface area contributed by atoms with Crippen LogP contribution in [0, 0.1) is 0 Å². The summed E-state index contributed by atoms with van der Waals surface area (Å²) in [5, 5.41) is 10.1. The van der Waals surface area contributed by atoms with Gasteiger partial charge in [0.15, 0.2) is 0 Å². The Morgan fingerprint density at radius 2 is 2.56 bits per heavy atom. The largest absolute Gasteiger partial charge is 0.545 e. The second-order valence-electron chi connectivity index (χ2n) is 1.78. The van der Waals surface area contributed by atoms with Gasteiger partial charge in [0.05, 0.1) is 12.5 Å². The summed E-state index contributed by atoms with van der Waals surface area (Å²) in [7, 11) is 0. The summed E-state index contributed by atoms with van der Waals surface area (Å²) in [6, 6.07) is 0. The first-order valence-electron chi connectivity index (χ1n) is 2.69. The number of hydrogen-bond acceptors (Lipinski definition) is 3. The van der Waals surface area contributed by atoms with Crippen molar-refractivity contribution >= 4 is 12.2 Å². The maximum Gasteiger partial charge on any atom is 0.0690 e. The smallest absolute Gasteiger partial charge is 0.0690 e. The lowest BCUT2D eigenvalue weighted by Crippen LogP contribution is -2.26. The molecule has 0 aromatic carbocycles. The molecule has 3 nitrogen and oxygen atoms in total. The van der Waals surface area contributed by atoms with Crippen molar-refractivity contribution in [3.8, 4) is 0 Å². The number of aliphatic imine (C=N–C) groups is 1. The molecule has 0 aliphatic carbocycles. The fourth-order valence-corrected chi connectivity index (χ4v) is 0.645. The minimum Gasteiger partial charge on any atom is -0.545 e. The Kier molecular flexibility index (Phi) is 1.63. The normalized spacial score (nSPS) is 17.1. The highest BCUT2D eigenvalue weighted by molar-refractivity contribution is 5.87. The molecule has 0 fully saturated rings. The molecule has 1 aliphatic heterocycles. The summed E-state index contributed by atoms with van der Waals surface area (Å²) < 4.78 is 0. The predicted molar refractivity (Wildman–Crippen MR) is 31.1 cm³/mol. The van der Waals surface area contributed by atoms with Crippen LogP contribution in [-0.2, 0) is 4.79 Å². The number of nitrogens with zero attached hydrogens (tertiary/aromatic N) is 1. The number of carboxylic acids is 1. The highest BCUT2D eigenvalue weighted by Crippen LogP contribution is 1.99. The number of carbonyl (C=O) groups is 1. The van der Waals surface area contributed by atoms with E-state index in [-0.39, 0.29) is 12.1 Å². The molecule has 0 spiro atoms. The van der Waals surface area contributed by atoms with E-state index in [9.17, 15) is 9.90 Å². The third-order valence-corrected chi connectivity index (χ3v) is 1.12. The average molecular weight is 124 g/mol. The molecule has 1 aliphatic rings. The van der Waals surface area contributed by atoms with Gasteiger partial charge in [0.25, 0.3) is 0 Å². The van der Waals surface area contributed by atoms with Crippen molar-refractivity contribution in [2.75, 3.05) is 6.54 Å². The van der Waals surface area contributed by atoms with Crippen LogP contribution in [-0.4, -0.2) is 18.7 Å². The van der Waals surface area contributed by atoms with Crippen molar-refractivity contribution in [3.05, 3.63) is 11.6 Å². The van der Waals surface area contributed by atoms with Gasteiger partial charge in [0.2, 0.25) is 0 Å². The van der Waals surface area contributed by atoms with Crippen LogP contribution in [0.3, 0.4) is 0 Å². The van der Waals surface area contributed by atoms with Crippen LogP contribution in [0.1, 0.15) is 6.42 Å². The number of rotatable bonds is 1. The molecule has 3 heteroatoms. The molecule has 0 aromatic heterocycles. The van der Waals surface area contributed by atoms with Crippen LogP contribution in [0.15, 0.2) is 16.6 Å². The lowest BCUT2D eigenvalue weighted by atomic mass is 10.2. The molecular formula is C6H6NO2-. The summed E-state index contributed by atoms with van der Waals surface area (Å²) in [5.41, 5.74) is 0.289. The fourth-order valence-electron chi connectivity index (χ4n) is 0.645. The summed E-state index contributed by atoms with van der Waals surface area (Å²) >= 11 is 0. The van der Waals surface area contributed by atoms with Crippen LogP contribution in [0.4, 0.5) is 0 Å². The number of aliphatic carboxylic acids is 1. The predicted octanol–water partition coefficient (Wildman–Crippen LogP) is -0.863. The molecule has 0 bridgehead atoms. The first-order chi connectivity index (χ1) is 4.30. The van der Waals surface area contributed by atoms with E-state index >= 15 is 0 Å². The zero-order valence-corrected chi connectivity index (χ0v) is 4.83. The zero-order valence-electron chi connectivity index (χ0n) is 4.83. The first kappa shape index (κ1) is 6.01. The molecule has 0 atom stereocenters. The van der Waals surface area contributed by atoms with E-state index in [1.54, 1.807) is 12.3 Å². The SMILES string of the molecule is O=C([O-])C1=CCC=NC1. The molecule has 0 saturated carbocycles. The van der Waals surface area contributed by atoms with E-state index in [0.717, 1.165) is 0 Å². The van der Waals surface area contributed by atoms with Gasteiger partial charge in [0, 0.05) is 12.6 Å². The quantitative estimate of drug-likeness (QED) is 0.456. The minimum atomic E-state index is -1.10. The number of carbonyl (C=O) groups excluding carboxylic acids is 1. The van der Waals surface area contributed by atoms with Gasteiger partial charge in [0.1, 0.15) is 0 Å². The highest BCUT2D eigenvalue weighted by Gasteiger charge is 1.97. The third-order valence-electron chi connectivity index (χ3n) is 1.12. The summed E-state index contributed by atoms with van der Waals surface area (Å²) in [6.07, 6.45) is 3.91. The molecule has 0 unspecified atom stereocenters. The monoisotopic (exact) mass is 124 g/mol. The van der Waals surface area contributed by atoms with Gasteiger partial charge >= 0.3 is 0 Å². The Morgan fingerprint density at radius 3 is 2.89 bits per heavy atom. The van der Waals surface area contributed by atoms with Gasteiger partial charge in [-0.15, -0.1) is 0 Å². The van der Waals surface area contributed by atoms with E-state index in [4.69, 9.17) is 0 Å². The van der Waals surface area contributed by atoms with Crippen molar-refractivity contribution in [3.63, 3.8) is 0 Å². The molecule has 0 radical (unpaired) electrons. The Labute approximate surface area is 52.7 Å². The molecule has 0 saturated heterocycles. The Bertz CT molecular complexity index is 181. The maximum absolute atomic E-state index is 10.1. The van der Waals surface area contributed by atoms with E-state index in [1.807, 2.05) is 0 Å². The van der Waals surface area contributed by atoms with Crippen LogP contribution in [0.5, 0.6) is 0 Å². The van der Waals surface area contributed by atoms with E-state index in [1.165, 1.54) is 0 Å². The zero-order chi connectivity index (χ0) is 6.69. The maximum atomic E-state index is 10.1. The van der Waals surface area contributed by atoms with Crippen molar-refractivity contribution in [2.24, 2.45) is 4.99 Å². The van der Waals surface area contributed by atoms with Crippen molar-refractivity contribution in [2.45, 2.75) is 6.42 Å². The average Bonchev–Trinajstić information content (AvgIpc) is 1.90. The van der Waals surface area contributed by atoms with Gasteiger partial charge in [-0.25, -0.2) is 0 Å². The van der Waals surface area contributed by atoms with Crippen LogP contribution in [0.25, 0.3) is 0 Å². The molecule has 1 heterocycles. The highest BCUT2D eigenvalue weighted by atomic mass is 16.4. The fraction of sp³-hybridized carbons (Fsp3) is 0.333. The van der Waals surface area contributed by atoms with E-state index in [2.05, 4.69) is 4.99 Å². The molecule has 0 aromatic rings. The lowest BCUT2D eigenvalue weighted by Gasteiger charge is -2.07. The molecular weight excluding hydrogens is 118 g/mol. The van der Waals surface area contributed by atoms with Gasteiger partial charge in [-0.2, -0.15) is 0 Å². The van der Waals surface area contributed by atoms with E-state index in [0.29, 0.717) is 6.42 Å². The third kappa shape index (κ3) is 1.38. The van der Waals surface area contributed by atoms with Crippen LogP contribution in [0.2, 0.25) is 0 Å². The number of dihydropyridines is 1. The Hall–Kier alpha value is -1.12. The molecule has 0 N–H and O–H groups in total. The molecule has 9 heavy (non-hydrogen) atoms. The van der Waals surface area contributed by atoms with Crippen molar-refractivity contribution < 1.29 is 9.90 Å². The number of carboxylic acid groups (broad SMARTS) is 1. The lowest BCUT2D eigenvalue weighted by molar-refractivity contribution is -0.299.